The summed E-state index contributed by atoms with van der Waals surface area (Å²) in [5.74, 6) is 2.04. The molecule has 1 heterocycles. The molecule has 0 atom stereocenters. The molecule has 0 unspecified atom stereocenters. The normalized spacial score (nSPS) is 10.6. The van der Waals surface area contributed by atoms with Crippen LogP contribution in [0.4, 0.5) is 0 Å². The zero-order valence-electron chi connectivity index (χ0n) is 10.6. The van der Waals surface area contributed by atoms with Gasteiger partial charge in [0.2, 0.25) is 0 Å². The first kappa shape index (κ1) is 12.6. The van der Waals surface area contributed by atoms with Crippen LogP contribution in [0.1, 0.15) is 19.7 Å². The largest absolute Gasteiger partial charge is 0.494 e. The molecule has 5 heteroatoms. The van der Waals surface area contributed by atoms with Gasteiger partial charge in [-0.2, -0.15) is 4.98 Å². The molecule has 5 nitrogen and oxygen atoms in total. The maximum Gasteiger partial charge on any atom is 0.257 e. The van der Waals surface area contributed by atoms with E-state index in [0.29, 0.717) is 24.9 Å². The summed E-state index contributed by atoms with van der Waals surface area (Å²) in [5.41, 5.74) is 0.897. The van der Waals surface area contributed by atoms with Crippen molar-refractivity contribution in [2.75, 3.05) is 13.2 Å². The summed E-state index contributed by atoms with van der Waals surface area (Å²) in [6.45, 7) is 6.16. The van der Waals surface area contributed by atoms with Crippen LogP contribution in [0.3, 0.4) is 0 Å². The van der Waals surface area contributed by atoms with Crippen molar-refractivity contribution >= 4 is 0 Å². The first-order valence-corrected chi connectivity index (χ1v) is 6.10. The fourth-order valence-corrected chi connectivity index (χ4v) is 1.54. The number of hydrogen-bond acceptors (Lipinski definition) is 5. The Balaban J connectivity index is 2.08. The van der Waals surface area contributed by atoms with E-state index in [2.05, 4.69) is 15.5 Å². The van der Waals surface area contributed by atoms with Gasteiger partial charge < -0.3 is 14.6 Å². The molecule has 1 N–H and O–H groups in total. The van der Waals surface area contributed by atoms with E-state index in [-0.39, 0.29) is 0 Å². The maximum absolute atomic E-state index is 5.38. The summed E-state index contributed by atoms with van der Waals surface area (Å²) >= 11 is 0. The number of nitrogens with zero attached hydrogens (tertiary/aromatic N) is 2. The third kappa shape index (κ3) is 3.07. The van der Waals surface area contributed by atoms with Crippen molar-refractivity contribution < 1.29 is 9.26 Å². The van der Waals surface area contributed by atoms with E-state index in [4.69, 9.17) is 9.26 Å². The van der Waals surface area contributed by atoms with Crippen LogP contribution in [0, 0.1) is 0 Å². The lowest BCUT2D eigenvalue weighted by Crippen LogP contribution is -2.12. The van der Waals surface area contributed by atoms with Gasteiger partial charge in [0.05, 0.1) is 13.2 Å². The number of benzene rings is 1. The lowest BCUT2D eigenvalue weighted by Gasteiger charge is -2.02. The molecule has 0 fully saturated rings. The summed E-state index contributed by atoms with van der Waals surface area (Å²) < 4.78 is 10.6. The second kappa shape index (κ2) is 6.16. The molecule has 18 heavy (non-hydrogen) atoms. The molecule has 0 spiro atoms. The molecule has 0 aliphatic carbocycles. The van der Waals surface area contributed by atoms with Crippen LogP contribution >= 0.6 is 0 Å². The number of aromatic nitrogens is 2. The van der Waals surface area contributed by atoms with Crippen LogP contribution in [0.15, 0.2) is 28.8 Å². The van der Waals surface area contributed by atoms with Gasteiger partial charge in [0, 0.05) is 5.56 Å². The second-order valence-corrected chi connectivity index (χ2v) is 3.75. The maximum atomic E-state index is 5.38. The van der Waals surface area contributed by atoms with Crippen molar-refractivity contribution in [1.29, 1.82) is 0 Å². The van der Waals surface area contributed by atoms with Gasteiger partial charge >= 0.3 is 0 Å². The van der Waals surface area contributed by atoms with Gasteiger partial charge in [-0.3, -0.25) is 0 Å². The van der Waals surface area contributed by atoms with Gasteiger partial charge in [-0.25, -0.2) is 0 Å². The first-order chi connectivity index (χ1) is 8.83. The molecule has 0 saturated heterocycles. The highest BCUT2D eigenvalue weighted by Crippen LogP contribution is 2.20. The molecule has 0 aliphatic heterocycles. The standard InChI is InChI=1S/C13H17N3O2/c1-3-14-9-12-15-13(18-16-12)10-5-7-11(8-6-10)17-4-2/h5-8,14H,3-4,9H2,1-2H3. The van der Waals surface area contributed by atoms with E-state index >= 15 is 0 Å². The SMILES string of the molecule is CCNCc1noc(-c2ccc(OCC)cc2)n1. The molecule has 1 aromatic carbocycles. The van der Waals surface area contributed by atoms with Crippen molar-refractivity contribution in [3.05, 3.63) is 30.1 Å². The molecule has 0 bridgehead atoms. The molecule has 96 valence electrons. The molecule has 0 amide bonds. The zero-order chi connectivity index (χ0) is 12.8. The highest BCUT2D eigenvalue weighted by molar-refractivity contribution is 5.54. The Morgan fingerprint density at radius 3 is 2.67 bits per heavy atom. The van der Waals surface area contributed by atoms with Crippen LogP contribution in [0.2, 0.25) is 0 Å². The minimum Gasteiger partial charge on any atom is -0.494 e. The molecule has 2 aromatic rings. The fraction of sp³-hybridized carbons (Fsp3) is 0.385. The highest BCUT2D eigenvalue weighted by Gasteiger charge is 2.08. The minimum atomic E-state index is 0.533. The van der Waals surface area contributed by atoms with Gasteiger partial charge in [0.15, 0.2) is 5.82 Å². The Morgan fingerprint density at radius 2 is 2.00 bits per heavy atom. The molecule has 0 saturated carbocycles. The Labute approximate surface area is 106 Å². The van der Waals surface area contributed by atoms with E-state index < -0.39 is 0 Å². The Morgan fingerprint density at radius 1 is 1.22 bits per heavy atom. The van der Waals surface area contributed by atoms with E-state index in [1.54, 1.807) is 0 Å². The third-order valence-electron chi connectivity index (χ3n) is 2.41. The van der Waals surface area contributed by atoms with Gasteiger partial charge in [-0.05, 0) is 37.7 Å². The number of hydrogen-bond donors (Lipinski definition) is 1. The monoisotopic (exact) mass is 247 g/mol. The molecule has 0 radical (unpaired) electrons. The average molecular weight is 247 g/mol. The van der Waals surface area contributed by atoms with E-state index in [0.717, 1.165) is 17.9 Å². The van der Waals surface area contributed by atoms with E-state index in [1.807, 2.05) is 38.1 Å². The summed E-state index contributed by atoms with van der Waals surface area (Å²) in [7, 11) is 0. The van der Waals surface area contributed by atoms with Crippen LogP contribution in [0.25, 0.3) is 11.5 Å². The second-order valence-electron chi connectivity index (χ2n) is 3.75. The average Bonchev–Trinajstić information content (AvgIpc) is 2.86. The Kier molecular flexibility index (Phi) is 4.30. The topological polar surface area (TPSA) is 60.2 Å². The van der Waals surface area contributed by atoms with E-state index in [9.17, 15) is 0 Å². The molecular weight excluding hydrogens is 230 g/mol. The summed E-state index contributed by atoms with van der Waals surface area (Å²) in [6.07, 6.45) is 0. The van der Waals surface area contributed by atoms with E-state index in [1.165, 1.54) is 0 Å². The molecule has 1 aromatic heterocycles. The smallest absolute Gasteiger partial charge is 0.257 e. The van der Waals surface area contributed by atoms with Gasteiger partial charge in [0.25, 0.3) is 5.89 Å². The van der Waals surface area contributed by atoms with Crippen molar-refractivity contribution in [2.45, 2.75) is 20.4 Å². The molecular formula is C13H17N3O2. The van der Waals surface area contributed by atoms with Crippen LogP contribution in [-0.2, 0) is 6.54 Å². The fourth-order valence-electron chi connectivity index (χ4n) is 1.54. The number of nitrogens with one attached hydrogen (secondary N) is 1. The quantitative estimate of drug-likeness (QED) is 0.848. The summed E-state index contributed by atoms with van der Waals surface area (Å²) in [4.78, 5) is 4.31. The molecule has 2 rings (SSSR count). The zero-order valence-corrected chi connectivity index (χ0v) is 10.6. The van der Waals surface area contributed by atoms with Crippen molar-refractivity contribution in [3.63, 3.8) is 0 Å². The van der Waals surface area contributed by atoms with Crippen molar-refractivity contribution in [3.8, 4) is 17.2 Å². The highest BCUT2D eigenvalue weighted by atomic mass is 16.5. The first-order valence-electron chi connectivity index (χ1n) is 6.10. The van der Waals surface area contributed by atoms with Crippen LogP contribution in [0.5, 0.6) is 5.75 Å². The van der Waals surface area contributed by atoms with Crippen molar-refractivity contribution in [2.24, 2.45) is 0 Å². The predicted molar refractivity (Wildman–Crippen MR) is 68.3 cm³/mol. The van der Waals surface area contributed by atoms with Crippen LogP contribution < -0.4 is 10.1 Å². The van der Waals surface area contributed by atoms with Crippen molar-refractivity contribution in [1.82, 2.24) is 15.5 Å². The van der Waals surface area contributed by atoms with Gasteiger partial charge in [0.1, 0.15) is 5.75 Å². The predicted octanol–water partition coefficient (Wildman–Crippen LogP) is 2.24. The Bertz CT molecular complexity index is 479. The third-order valence-corrected chi connectivity index (χ3v) is 2.41. The minimum absolute atomic E-state index is 0.533. The van der Waals surface area contributed by atoms with Gasteiger partial charge in [-0.1, -0.05) is 12.1 Å². The lowest BCUT2D eigenvalue weighted by atomic mass is 10.2. The summed E-state index contributed by atoms with van der Waals surface area (Å²) in [6, 6.07) is 7.62. The van der Waals surface area contributed by atoms with Crippen LogP contribution in [-0.4, -0.2) is 23.3 Å². The molecule has 0 aliphatic rings. The number of rotatable bonds is 6. The number of ether oxygens (including phenoxy) is 1. The Hall–Kier alpha value is -1.88. The van der Waals surface area contributed by atoms with Gasteiger partial charge in [-0.15, -0.1) is 0 Å². The summed E-state index contributed by atoms with van der Waals surface area (Å²) in [5, 5.41) is 7.06. The lowest BCUT2D eigenvalue weighted by molar-refractivity contribution is 0.340.